The van der Waals surface area contributed by atoms with Crippen LogP contribution >= 0.6 is 0 Å². The predicted molar refractivity (Wildman–Crippen MR) is 124 cm³/mol. The molecule has 8 heteroatoms. The summed E-state index contributed by atoms with van der Waals surface area (Å²) in [5, 5.41) is 0. The van der Waals surface area contributed by atoms with Crippen molar-refractivity contribution >= 4 is 23.6 Å². The quantitative estimate of drug-likeness (QED) is 0.702. The topological polar surface area (TPSA) is 73.4 Å². The Balaban J connectivity index is 1.38. The summed E-state index contributed by atoms with van der Waals surface area (Å²) >= 11 is 0. The summed E-state index contributed by atoms with van der Waals surface area (Å²) < 4.78 is 5.55. The largest absolute Gasteiger partial charge is 0.444 e. The minimum Gasteiger partial charge on any atom is -0.444 e. The van der Waals surface area contributed by atoms with Crippen molar-refractivity contribution in [1.82, 2.24) is 14.7 Å². The van der Waals surface area contributed by atoms with Crippen molar-refractivity contribution in [2.45, 2.75) is 76.1 Å². The average molecular weight is 455 g/mol. The van der Waals surface area contributed by atoms with E-state index >= 15 is 0 Å². The first-order valence-corrected chi connectivity index (χ1v) is 12.1. The number of ether oxygens (including phenoxy) is 1. The summed E-state index contributed by atoms with van der Waals surface area (Å²) in [6.07, 6.45) is 3.55. The Labute approximate surface area is 195 Å². The smallest absolute Gasteiger partial charge is 0.410 e. The summed E-state index contributed by atoms with van der Waals surface area (Å²) in [4.78, 5) is 47.4. The Bertz CT molecular complexity index is 931. The van der Waals surface area contributed by atoms with E-state index in [0.29, 0.717) is 45.1 Å². The molecule has 33 heavy (non-hydrogen) atoms. The standard InChI is InChI=1S/C25H34N4O4/c1-24(2,3)33-23(32)26-15-12-25(13-16-26)22(31)28(17-29(25)19-7-5-4-6-8-19)20-11-14-27(21(20)30)18-9-10-18/h4-8,18,20H,9-17H2,1-3H3. The molecule has 0 aromatic heterocycles. The number of hydrogen-bond acceptors (Lipinski definition) is 5. The van der Waals surface area contributed by atoms with E-state index in [-0.39, 0.29) is 23.9 Å². The number of nitrogens with zero attached hydrogens (tertiary/aromatic N) is 4. The van der Waals surface area contributed by atoms with E-state index in [4.69, 9.17) is 4.74 Å². The maximum atomic E-state index is 14.0. The monoisotopic (exact) mass is 454 g/mol. The number of carbonyl (C=O) groups is 3. The molecule has 4 fully saturated rings. The lowest BCUT2D eigenvalue weighted by Crippen LogP contribution is -2.58. The molecule has 5 rings (SSSR count). The van der Waals surface area contributed by atoms with Gasteiger partial charge in [-0.05, 0) is 65.0 Å². The van der Waals surface area contributed by atoms with Crippen LogP contribution in [0.2, 0.25) is 0 Å². The van der Waals surface area contributed by atoms with Gasteiger partial charge in [-0.15, -0.1) is 0 Å². The Morgan fingerprint density at radius 3 is 2.24 bits per heavy atom. The molecule has 1 aromatic rings. The summed E-state index contributed by atoms with van der Waals surface area (Å²) in [5.74, 6) is 0.119. The van der Waals surface area contributed by atoms with Crippen LogP contribution in [0.15, 0.2) is 30.3 Å². The van der Waals surface area contributed by atoms with Crippen LogP contribution in [0, 0.1) is 0 Å². The molecule has 3 amide bonds. The fourth-order valence-electron chi connectivity index (χ4n) is 5.51. The lowest BCUT2D eigenvalue weighted by atomic mass is 9.85. The second-order valence-electron chi connectivity index (χ2n) is 10.7. The maximum absolute atomic E-state index is 14.0. The molecule has 0 N–H and O–H groups in total. The maximum Gasteiger partial charge on any atom is 0.410 e. The molecule has 0 radical (unpaired) electrons. The molecule has 3 aliphatic heterocycles. The molecule has 8 nitrogen and oxygen atoms in total. The van der Waals surface area contributed by atoms with Crippen LogP contribution in [0.1, 0.15) is 52.9 Å². The number of hydrogen-bond donors (Lipinski definition) is 0. The molecule has 1 unspecified atom stereocenters. The van der Waals surface area contributed by atoms with Gasteiger partial charge in [0.2, 0.25) is 5.91 Å². The first kappa shape index (κ1) is 22.0. The number of piperidine rings is 1. The van der Waals surface area contributed by atoms with Crippen LogP contribution in [-0.2, 0) is 14.3 Å². The zero-order valence-corrected chi connectivity index (χ0v) is 19.8. The van der Waals surface area contributed by atoms with E-state index in [1.54, 1.807) is 9.80 Å². The molecular formula is C25H34N4O4. The van der Waals surface area contributed by atoms with Gasteiger partial charge in [-0.3, -0.25) is 9.59 Å². The van der Waals surface area contributed by atoms with Crippen LogP contribution < -0.4 is 4.90 Å². The lowest BCUT2D eigenvalue weighted by Gasteiger charge is -2.43. The molecule has 1 aliphatic carbocycles. The molecule has 1 spiro atoms. The Kier molecular flexibility index (Phi) is 5.29. The third kappa shape index (κ3) is 3.93. The van der Waals surface area contributed by atoms with Crippen LogP contribution in [0.25, 0.3) is 0 Å². The van der Waals surface area contributed by atoms with Gasteiger partial charge in [-0.25, -0.2) is 4.79 Å². The lowest BCUT2D eigenvalue weighted by molar-refractivity contribution is -0.142. The third-order valence-electron chi connectivity index (χ3n) is 7.36. The van der Waals surface area contributed by atoms with Gasteiger partial charge in [0.1, 0.15) is 17.2 Å². The normalized spacial score (nSPS) is 25.4. The van der Waals surface area contributed by atoms with Gasteiger partial charge in [0.05, 0.1) is 6.67 Å². The number of anilines is 1. The van der Waals surface area contributed by atoms with Gasteiger partial charge in [-0.1, -0.05) is 18.2 Å². The Morgan fingerprint density at radius 2 is 1.64 bits per heavy atom. The van der Waals surface area contributed by atoms with Crippen molar-refractivity contribution < 1.29 is 19.1 Å². The molecule has 3 heterocycles. The van der Waals surface area contributed by atoms with Crippen LogP contribution in [0.4, 0.5) is 10.5 Å². The highest BCUT2D eigenvalue weighted by molar-refractivity contribution is 5.98. The van der Waals surface area contributed by atoms with Gasteiger partial charge in [-0.2, -0.15) is 0 Å². The van der Waals surface area contributed by atoms with Crippen LogP contribution in [-0.4, -0.2) is 82.1 Å². The van der Waals surface area contributed by atoms with Gasteiger partial charge in [0, 0.05) is 31.4 Å². The molecule has 4 aliphatic rings. The van der Waals surface area contributed by atoms with E-state index in [1.165, 1.54) is 0 Å². The summed E-state index contributed by atoms with van der Waals surface area (Å²) in [7, 11) is 0. The van der Waals surface area contributed by atoms with E-state index in [1.807, 2.05) is 56.0 Å². The molecule has 3 saturated heterocycles. The minimum absolute atomic E-state index is 0.0196. The molecule has 1 aromatic carbocycles. The Hall–Kier alpha value is -2.77. The van der Waals surface area contributed by atoms with Crippen LogP contribution in [0.3, 0.4) is 0 Å². The molecular weight excluding hydrogens is 420 g/mol. The number of para-hydroxylation sites is 1. The number of rotatable bonds is 3. The van der Waals surface area contributed by atoms with Crippen molar-refractivity contribution in [3.05, 3.63) is 30.3 Å². The molecule has 178 valence electrons. The first-order chi connectivity index (χ1) is 15.7. The van der Waals surface area contributed by atoms with Crippen molar-refractivity contribution in [2.75, 3.05) is 31.2 Å². The highest BCUT2D eigenvalue weighted by atomic mass is 16.6. The van der Waals surface area contributed by atoms with E-state index in [0.717, 1.165) is 25.1 Å². The van der Waals surface area contributed by atoms with E-state index in [9.17, 15) is 14.4 Å². The van der Waals surface area contributed by atoms with Gasteiger partial charge >= 0.3 is 6.09 Å². The fraction of sp³-hybridized carbons (Fsp3) is 0.640. The van der Waals surface area contributed by atoms with Crippen molar-refractivity contribution in [1.29, 1.82) is 0 Å². The zero-order chi connectivity index (χ0) is 23.4. The second kappa shape index (κ2) is 7.92. The minimum atomic E-state index is -0.743. The van der Waals surface area contributed by atoms with Crippen molar-refractivity contribution in [3.8, 4) is 0 Å². The molecule has 0 bridgehead atoms. The SMILES string of the molecule is CC(C)(C)OC(=O)N1CCC2(CC1)C(=O)N(C1CCN(C3CC3)C1=O)CN2c1ccccc1. The highest BCUT2D eigenvalue weighted by Gasteiger charge is 2.58. The van der Waals surface area contributed by atoms with Crippen LogP contribution in [0.5, 0.6) is 0 Å². The van der Waals surface area contributed by atoms with Gasteiger partial charge < -0.3 is 24.3 Å². The highest BCUT2D eigenvalue weighted by Crippen LogP contribution is 2.42. The third-order valence-corrected chi connectivity index (χ3v) is 7.36. The second-order valence-corrected chi connectivity index (χ2v) is 10.7. The van der Waals surface area contributed by atoms with Gasteiger partial charge in [0.25, 0.3) is 5.91 Å². The molecule has 1 saturated carbocycles. The number of amides is 3. The first-order valence-electron chi connectivity index (χ1n) is 12.1. The fourth-order valence-corrected chi connectivity index (χ4v) is 5.51. The van der Waals surface area contributed by atoms with Crippen molar-refractivity contribution in [2.24, 2.45) is 0 Å². The number of carbonyl (C=O) groups excluding carboxylic acids is 3. The van der Waals surface area contributed by atoms with Gasteiger partial charge in [0.15, 0.2) is 0 Å². The average Bonchev–Trinajstić information content (AvgIpc) is 3.50. The summed E-state index contributed by atoms with van der Waals surface area (Å²) in [5.41, 5.74) is -0.324. The number of likely N-dealkylation sites (tertiary alicyclic amines) is 2. The number of benzene rings is 1. The molecule has 1 atom stereocenters. The van der Waals surface area contributed by atoms with Crippen molar-refractivity contribution in [3.63, 3.8) is 0 Å². The Morgan fingerprint density at radius 1 is 0.970 bits per heavy atom. The predicted octanol–water partition coefficient (Wildman–Crippen LogP) is 2.83. The van der Waals surface area contributed by atoms with E-state index in [2.05, 4.69) is 4.90 Å². The zero-order valence-electron chi connectivity index (χ0n) is 19.8. The van der Waals surface area contributed by atoms with E-state index < -0.39 is 11.1 Å². The summed E-state index contributed by atoms with van der Waals surface area (Å²) in [6, 6.07) is 9.94. The summed E-state index contributed by atoms with van der Waals surface area (Å²) in [6.45, 7) is 7.61.